The largest absolute Gasteiger partial charge is 0.495 e. The summed E-state index contributed by atoms with van der Waals surface area (Å²) < 4.78 is 5.18. The topological polar surface area (TPSA) is 45.7 Å². The lowest BCUT2D eigenvalue weighted by Gasteiger charge is -2.33. The minimum absolute atomic E-state index is 0.0714. The maximum Gasteiger partial charge on any atom is 0.244 e. The molecular weight excluding hydrogens is 326 g/mol. The van der Waals surface area contributed by atoms with Crippen LogP contribution in [-0.4, -0.2) is 41.5 Å². The molecule has 0 spiro atoms. The standard InChI is InChI=1S/C18H18ClN3O2/c1-24-17-6-5-13(8-15(17)19)22-14-9-16(18(22)23)21(11-14)10-12-4-2-3-7-20-12/h2-8,14,16H,9-11H2,1H3/t14-,16-/m0/s1. The molecule has 0 N–H and O–H groups in total. The number of nitrogens with zero attached hydrogens (tertiary/aromatic N) is 3. The molecule has 0 radical (unpaired) electrons. The molecule has 2 saturated heterocycles. The van der Waals surface area contributed by atoms with Gasteiger partial charge in [0.05, 0.1) is 29.9 Å². The number of ether oxygens (including phenoxy) is 1. The Kier molecular flexibility index (Phi) is 3.90. The van der Waals surface area contributed by atoms with E-state index < -0.39 is 0 Å². The minimum atomic E-state index is -0.0714. The molecule has 3 heterocycles. The molecule has 1 aromatic carbocycles. The third kappa shape index (κ3) is 2.54. The molecule has 0 aliphatic carbocycles. The van der Waals surface area contributed by atoms with Crippen molar-refractivity contribution in [2.75, 3.05) is 18.6 Å². The van der Waals surface area contributed by atoms with Gasteiger partial charge in [0, 0.05) is 25.0 Å². The number of anilines is 1. The maximum absolute atomic E-state index is 12.8. The van der Waals surface area contributed by atoms with Crippen LogP contribution < -0.4 is 9.64 Å². The van der Waals surface area contributed by atoms with Crippen molar-refractivity contribution in [1.29, 1.82) is 0 Å². The van der Waals surface area contributed by atoms with Crippen LogP contribution in [0.4, 0.5) is 5.69 Å². The molecule has 124 valence electrons. The SMILES string of the molecule is COc1ccc(N2C(=O)[C@@H]3C[C@H]2CN3Cc2ccccn2)cc1Cl. The van der Waals surface area contributed by atoms with Gasteiger partial charge in [0.2, 0.25) is 5.91 Å². The molecule has 4 rings (SSSR count). The highest BCUT2D eigenvalue weighted by Crippen LogP contribution is 2.38. The van der Waals surface area contributed by atoms with E-state index in [1.165, 1.54) is 0 Å². The molecule has 2 aromatic rings. The summed E-state index contributed by atoms with van der Waals surface area (Å²) in [6, 6.07) is 11.5. The lowest BCUT2D eigenvalue weighted by Crippen LogP contribution is -2.50. The van der Waals surface area contributed by atoms with Gasteiger partial charge in [-0.2, -0.15) is 0 Å². The monoisotopic (exact) mass is 343 g/mol. The molecular formula is C18H18ClN3O2. The summed E-state index contributed by atoms with van der Waals surface area (Å²) in [7, 11) is 1.58. The van der Waals surface area contributed by atoms with E-state index in [1.807, 2.05) is 41.3 Å². The fourth-order valence-corrected chi connectivity index (χ4v) is 3.93. The van der Waals surface area contributed by atoms with E-state index in [2.05, 4.69) is 9.88 Å². The van der Waals surface area contributed by atoms with Gasteiger partial charge in [-0.15, -0.1) is 0 Å². The molecule has 2 aliphatic heterocycles. The van der Waals surface area contributed by atoms with Crippen molar-refractivity contribution in [1.82, 2.24) is 9.88 Å². The molecule has 6 heteroatoms. The van der Waals surface area contributed by atoms with Crippen LogP contribution in [0.15, 0.2) is 42.6 Å². The van der Waals surface area contributed by atoms with Crippen molar-refractivity contribution in [3.05, 3.63) is 53.3 Å². The van der Waals surface area contributed by atoms with E-state index in [9.17, 15) is 4.79 Å². The number of likely N-dealkylation sites (tertiary alicyclic amines) is 1. The van der Waals surface area contributed by atoms with Gasteiger partial charge in [-0.25, -0.2) is 0 Å². The van der Waals surface area contributed by atoms with Crippen LogP contribution in [0, 0.1) is 0 Å². The first-order valence-corrected chi connectivity index (χ1v) is 8.35. The number of pyridine rings is 1. The lowest BCUT2D eigenvalue weighted by molar-refractivity contribution is -0.122. The van der Waals surface area contributed by atoms with Crippen molar-refractivity contribution in [3.63, 3.8) is 0 Å². The van der Waals surface area contributed by atoms with Gasteiger partial charge in [0.15, 0.2) is 0 Å². The highest BCUT2D eigenvalue weighted by Gasteiger charge is 2.50. The number of aromatic nitrogens is 1. The molecule has 1 amide bonds. The molecule has 24 heavy (non-hydrogen) atoms. The van der Waals surface area contributed by atoms with Gasteiger partial charge in [-0.3, -0.25) is 14.7 Å². The third-order valence-electron chi connectivity index (χ3n) is 4.77. The second kappa shape index (κ2) is 6.07. The molecule has 1 aromatic heterocycles. The second-order valence-corrected chi connectivity index (χ2v) is 6.59. The molecule has 2 bridgehead atoms. The fraction of sp³-hybridized carbons (Fsp3) is 0.333. The average molecular weight is 344 g/mol. The van der Waals surface area contributed by atoms with Crippen molar-refractivity contribution in [2.24, 2.45) is 0 Å². The number of hydrogen-bond donors (Lipinski definition) is 0. The van der Waals surface area contributed by atoms with E-state index in [-0.39, 0.29) is 18.0 Å². The summed E-state index contributed by atoms with van der Waals surface area (Å²) in [6.45, 7) is 1.57. The van der Waals surface area contributed by atoms with Crippen LogP contribution in [0.2, 0.25) is 5.02 Å². The molecule has 5 nitrogen and oxygen atoms in total. The van der Waals surface area contributed by atoms with Crippen LogP contribution in [0.25, 0.3) is 0 Å². The Labute approximate surface area is 145 Å². The minimum Gasteiger partial charge on any atom is -0.495 e. The zero-order chi connectivity index (χ0) is 16.7. The zero-order valence-corrected chi connectivity index (χ0v) is 14.1. The number of hydrogen-bond acceptors (Lipinski definition) is 4. The van der Waals surface area contributed by atoms with Crippen LogP contribution in [-0.2, 0) is 11.3 Å². The summed E-state index contributed by atoms with van der Waals surface area (Å²) in [5.74, 6) is 0.761. The Bertz CT molecular complexity index is 768. The third-order valence-corrected chi connectivity index (χ3v) is 5.07. The number of amides is 1. The van der Waals surface area contributed by atoms with Crippen molar-refractivity contribution in [3.8, 4) is 5.75 Å². The fourth-order valence-electron chi connectivity index (χ4n) is 3.68. The summed E-state index contributed by atoms with van der Waals surface area (Å²) in [5.41, 5.74) is 1.84. The Morgan fingerprint density at radius 2 is 2.21 bits per heavy atom. The summed E-state index contributed by atoms with van der Waals surface area (Å²) in [5, 5.41) is 0.524. The zero-order valence-electron chi connectivity index (χ0n) is 13.4. The normalized spacial score (nSPS) is 23.1. The first-order valence-electron chi connectivity index (χ1n) is 7.98. The Morgan fingerprint density at radius 3 is 2.88 bits per heavy atom. The van der Waals surface area contributed by atoms with Crippen LogP contribution in [0.3, 0.4) is 0 Å². The number of carbonyl (C=O) groups is 1. The number of benzene rings is 1. The predicted octanol–water partition coefficient (Wildman–Crippen LogP) is 2.73. The summed E-state index contributed by atoms with van der Waals surface area (Å²) in [6.07, 6.45) is 2.65. The average Bonchev–Trinajstić information content (AvgIpc) is 3.13. The first kappa shape index (κ1) is 15.4. The summed E-state index contributed by atoms with van der Waals surface area (Å²) >= 11 is 6.21. The number of halogens is 1. The molecule has 2 aliphatic rings. The van der Waals surface area contributed by atoms with Gasteiger partial charge in [0.1, 0.15) is 5.75 Å². The number of methoxy groups -OCH3 is 1. The lowest BCUT2D eigenvalue weighted by atomic mass is 10.2. The van der Waals surface area contributed by atoms with Crippen molar-refractivity contribution >= 4 is 23.2 Å². The summed E-state index contributed by atoms with van der Waals surface area (Å²) in [4.78, 5) is 21.3. The molecule has 0 unspecified atom stereocenters. The van der Waals surface area contributed by atoms with Gasteiger partial charge in [-0.05, 0) is 36.8 Å². The number of fused-ring (bicyclic) bond motifs is 2. The van der Waals surface area contributed by atoms with Gasteiger partial charge in [-0.1, -0.05) is 17.7 Å². The Balaban J connectivity index is 1.52. The van der Waals surface area contributed by atoms with Crippen LogP contribution >= 0.6 is 11.6 Å². The van der Waals surface area contributed by atoms with E-state index in [0.717, 1.165) is 24.3 Å². The van der Waals surface area contributed by atoms with Gasteiger partial charge >= 0.3 is 0 Å². The van der Waals surface area contributed by atoms with Crippen molar-refractivity contribution in [2.45, 2.75) is 25.0 Å². The number of piperazine rings is 1. The highest BCUT2D eigenvalue weighted by molar-refractivity contribution is 6.32. The van der Waals surface area contributed by atoms with Crippen molar-refractivity contribution < 1.29 is 9.53 Å². The second-order valence-electron chi connectivity index (χ2n) is 6.18. The van der Waals surface area contributed by atoms with Crippen LogP contribution in [0.5, 0.6) is 5.75 Å². The molecule has 2 fully saturated rings. The van der Waals surface area contributed by atoms with E-state index >= 15 is 0 Å². The number of rotatable bonds is 4. The predicted molar refractivity (Wildman–Crippen MR) is 92.3 cm³/mol. The number of carbonyl (C=O) groups excluding carboxylic acids is 1. The van der Waals surface area contributed by atoms with E-state index in [1.54, 1.807) is 13.3 Å². The molecule has 0 saturated carbocycles. The van der Waals surface area contributed by atoms with Gasteiger partial charge < -0.3 is 9.64 Å². The van der Waals surface area contributed by atoms with E-state index in [4.69, 9.17) is 16.3 Å². The van der Waals surface area contributed by atoms with E-state index in [0.29, 0.717) is 17.3 Å². The maximum atomic E-state index is 12.8. The Morgan fingerprint density at radius 1 is 1.33 bits per heavy atom. The Hall–Kier alpha value is -2.11. The highest BCUT2D eigenvalue weighted by atomic mass is 35.5. The molecule has 2 atom stereocenters. The first-order chi connectivity index (χ1) is 11.7. The van der Waals surface area contributed by atoms with Gasteiger partial charge in [0.25, 0.3) is 0 Å². The quantitative estimate of drug-likeness (QED) is 0.856. The van der Waals surface area contributed by atoms with Crippen LogP contribution in [0.1, 0.15) is 12.1 Å². The smallest absolute Gasteiger partial charge is 0.244 e.